The van der Waals surface area contributed by atoms with Gasteiger partial charge in [-0.1, -0.05) is 6.92 Å². The van der Waals surface area contributed by atoms with E-state index >= 15 is 0 Å². The van der Waals surface area contributed by atoms with E-state index in [0.717, 1.165) is 0 Å². The van der Waals surface area contributed by atoms with Gasteiger partial charge in [0.1, 0.15) is 24.1 Å². The summed E-state index contributed by atoms with van der Waals surface area (Å²) in [6.07, 6.45) is -5.26. The third-order valence-corrected chi connectivity index (χ3v) is 3.10. The molecule has 8 heteroatoms. The highest BCUT2D eigenvalue weighted by Gasteiger charge is 2.33. The third kappa shape index (κ3) is 7.49. The molecule has 1 amide bonds. The van der Waals surface area contributed by atoms with Crippen LogP contribution < -0.4 is 5.32 Å². The van der Waals surface area contributed by atoms with Crippen molar-refractivity contribution in [3.05, 3.63) is 0 Å². The lowest BCUT2D eigenvalue weighted by molar-refractivity contribution is -0.148. The van der Waals surface area contributed by atoms with E-state index in [9.17, 15) is 24.9 Å². The van der Waals surface area contributed by atoms with E-state index in [0.29, 0.717) is 25.7 Å². The molecule has 0 aliphatic rings. The third-order valence-electron chi connectivity index (χ3n) is 3.10. The minimum Gasteiger partial charge on any atom is -0.394 e. The highest BCUT2D eigenvalue weighted by molar-refractivity contribution is 5.81. The maximum atomic E-state index is 11.5. The minimum absolute atomic E-state index is 0.137. The summed E-state index contributed by atoms with van der Waals surface area (Å²) in [6.45, 7) is 1.18. The fraction of sp³-hybridized carbons (Fsp3) is 0.846. The molecule has 4 unspecified atom stereocenters. The number of aliphatic hydroxyl groups excluding tert-OH is 5. The van der Waals surface area contributed by atoms with Crippen molar-refractivity contribution in [1.29, 1.82) is 0 Å². The number of Topliss-reactive ketones (excluding diaryl/α,β-unsaturated/α-hetero) is 1. The average Bonchev–Trinajstić information content (AvgIpc) is 2.50. The van der Waals surface area contributed by atoms with E-state index in [1.165, 1.54) is 0 Å². The number of amides is 1. The molecule has 0 radical (unpaired) electrons. The van der Waals surface area contributed by atoms with Gasteiger partial charge in [-0.2, -0.15) is 0 Å². The van der Waals surface area contributed by atoms with Crippen LogP contribution in [0.5, 0.6) is 0 Å². The predicted molar refractivity (Wildman–Crippen MR) is 73.3 cm³/mol. The maximum absolute atomic E-state index is 11.5. The maximum Gasteiger partial charge on any atom is 0.251 e. The Morgan fingerprint density at radius 1 is 1.05 bits per heavy atom. The van der Waals surface area contributed by atoms with Crippen LogP contribution in [0.4, 0.5) is 0 Å². The molecule has 0 saturated carbocycles. The molecule has 0 heterocycles. The molecule has 124 valence electrons. The largest absolute Gasteiger partial charge is 0.394 e. The van der Waals surface area contributed by atoms with Crippen molar-refractivity contribution in [3.8, 4) is 0 Å². The van der Waals surface area contributed by atoms with Crippen molar-refractivity contribution in [2.75, 3.05) is 13.2 Å². The zero-order chi connectivity index (χ0) is 16.4. The second kappa shape index (κ2) is 10.6. The first kappa shape index (κ1) is 19.9. The summed E-state index contributed by atoms with van der Waals surface area (Å²) in [6, 6.07) is 0. The SMILES string of the molecule is CCC(=O)CCCCNC(=O)C(O)C(O)C(O)C(O)CO. The highest BCUT2D eigenvalue weighted by Crippen LogP contribution is 2.05. The van der Waals surface area contributed by atoms with Crippen LogP contribution in [-0.2, 0) is 9.59 Å². The van der Waals surface area contributed by atoms with Gasteiger partial charge < -0.3 is 30.8 Å². The summed E-state index contributed by atoms with van der Waals surface area (Å²) in [4.78, 5) is 22.6. The van der Waals surface area contributed by atoms with Crippen LogP contribution >= 0.6 is 0 Å². The standard InChI is InChI=1S/C13H25NO7/c1-2-8(16)5-3-4-6-14-13(21)12(20)11(19)10(18)9(17)7-15/h9-12,15,17-20H,2-7H2,1H3,(H,14,21). The van der Waals surface area contributed by atoms with Crippen molar-refractivity contribution in [1.82, 2.24) is 5.32 Å². The Kier molecular flexibility index (Phi) is 10.1. The van der Waals surface area contributed by atoms with Gasteiger partial charge in [-0.25, -0.2) is 0 Å². The Labute approximate surface area is 123 Å². The van der Waals surface area contributed by atoms with Gasteiger partial charge in [-0.3, -0.25) is 9.59 Å². The summed E-state index contributed by atoms with van der Waals surface area (Å²) >= 11 is 0. The van der Waals surface area contributed by atoms with Crippen molar-refractivity contribution >= 4 is 11.7 Å². The van der Waals surface area contributed by atoms with Gasteiger partial charge in [0.05, 0.1) is 6.61 Å². The second-order valence-corrected chi connectivity index (χ2v) is 4.82. The van der Waals surface area contributed by atoms with Crippen molar-refractivity contribution in [2.45, 2.75) is 57.0 Å². The summed E-state index contributed by atoms with van der Waals surface area (Å²) in [5.41, 5.74) is 0. The number of unbranched alkanes of at least 4 members (excludes halogenated alkanes) is 1. The molecule has 0 aliphatic heterocycles. The molecule has 4 atom stereocenters. The molecule has 0 aromatic heterocycles. The number of aliphatic hydroxyl groups is 5. The summed E-state index contributed by atoms with van der Waals surface area (Å²) in [5, 5.41) is 48.4. The van der Waals surface area contributed by atoms with Crippen LogP contribution in [0.25, 0.3) is 0 Å². The Morgan fingerprint density at radius 2 is 1.67 bits per heavy atom. The quantitative estimate of drug-likeness (QED) is 0.235. The van der Waals surface area contributed by atoms with E-state index in [4.69, 9.17) is 10.2 Å². The van der Waals surface area contributed by atoms with Crippen LogP contribution in [0.2, 0.25) is 0 Å². The highest BCUT2D eigenvalue weighted by atomic mass is 16.4. The first-order valence-corrected chi connectivity index (χ1v) is 6.97. The zero-order valence-electron chi connectivity index (χ0n) is 12.1. The Morgan fingerprint density at radius 3 is 2.19 bits per heavy atom. The number of carbonyl (C=O) groups is 2. The molecule has 21 heavy (non-hydrogen) atoms. The van der Waals surface area contributed by atoms with Gasteiger partial charge in [0.25, 0.3) is 5.91 Å². The van der Waals surface area contributed by atoms with Crippen LogP contribution in [0, 0.1) is 0 Å². The van der Waals surface area contributed by atoms with Gasteiger partial charge in [0, 0.05) is 19.4 Å². The Hall–Kier alpha value is -1.06. The molecule has 0 rings (SSSR count). The van der Waals surface area contributed by atoms with Gasteiger partial charge in [0.15, 0.2) is 6.10 Å². The molecule has 0 saturated heterocycles. The Bertz CT molecular complexity index is 324. The molecule has 0 aliphatic carbocycles. The van der Waals surface area contributed by atoms with Crippen molar-refractivity contribution in [2.24, 2.45) is 0 Å². The van der Waals surface area contributed by atoms with E-state index in [-0.39, 0.29) is 12.3 Å². The smallest absolute Gasteiger partial charge is 0.251 e. The van der Waals surface area contributed by atoms with E-state index < -0.39 is 36.9 Å². The molecule has 0 bridgehead atoms. The fourth-order valence-corrected chi connectivity index (χ4v) is 1.62. The normalized spacial score (nSPS) is 16.9. The Balaban J connectivity index is 4.02. The van der Waals surface area contributed by atoms with E-state index in [1.54, 1.807) is 6.92 Å². The van der Waals surface area contributed by atoms with Gasteiger partial charge in [-0.05, 0) is 12.8 Å². The fourth-order valence-electron chi connectivity index (χ4n) is 1.62. The zero-order valence-corrected chi connectivity index (χ0v) is 12.1. The summed E-state index contributed by atoms with van der Waals surface area (Å²) in [7, 11) is 0. The molecule has 0 fully saturated rings. The summed E-state index contributed by atoms with van der Waals surface area (Å²) < 4.78 is 0. The molecule has 8 nitrogen and oxygen atoms in total. The lowest BCUT2D eigenvalue weighted by Crippen LogP contribution is -2.51. The van der Waals surface area contributed by atoms with Crippen molar-refractivity contribution in [3.63, 3.8) is 0 Å². The number of carbonyl (C=O) groups excluding carboxylic acids is 2. The molecule has 0 spiro atoms. The van der Waals surface area contributed by atoms with E-state index in [1.807, 2.05) is 0 Å². The van der Waals surface area contributed by atoms with Gasteiger partial charge in [0.2, 0.25) is 0 Å². The molecule has 0 aromatic rings. The first-order valence-electron chi connectivity index (χ1n) is 6.97. The van der Waals surface area contributed by atoms with Crippen LogP contribution in [0.1, 0.15) is 32.6 Å². The predicted octanol–water partition coefficient (Wildman–Crippen LogP) is -2.31. The van der Waals surface area contributed by atoms with E-state index in [2.05, 4.69) is 5.32 Å². The monoisotopic (exact) mass is 307 g/mol. The van der Waals surface area contributed by atoms with Crippen LogP contribution in [0.15, 0.2) is 0 Å². The second-order valence-electron chi connectivity index (χ2n) is 4.82. The van der Waals surface area contributed by atoms with Gasteiger partial charge >= 0.3 is 0 Å². The topological polar surface area (TPSA) is 147 Å². The van der Waals surface area contributed by atoms with Crippen molar-refractivity contribution < 1.29 is 35.1 Å². The molecule has 0 aromatic carbocycles. The van der Waals surface area contributed by atoms with Crippen LogP contribution in [-0.4, -0.2) is 74.8 Å². The minimum atomic E-state index is -1.92. The lowest BCUT2D eigenvalue weighted by Gasteiger charge is -2.24. The summed E-state index contributed by atoms with van der Waals surface area (Å²) in [5.74, 6) is -0.758. The lowest BCUT2D eigenvalue weighted by atomic mass is 10.0. The number of nitrogens with one attached hydrogen (secondary N) is 1. The average molecular weight is 307 g/mol. The number of ketones is 1. The van der Waals surface area contributed by atoms with Crippen LogP contribution in [0.3, 0.4) is 0 Å². The molecular weight excluding hydrogens is 282 g/mol. The molecular formula is C13H25NO7. The number of rotatable bonds is 11. The molecule has 6 N–H and O–H groups in total. The van der Waals surface area contributed by atoms with Gasteiger partial charge in [-0.15, -0.1) is 0 Å². The first-order chi connectivity index (χ1) is 9.84. The number of hydrogen-bond donors (Lipinski definition) is 6. The number of hydrogen-bond acceptors (Lipinski definition) is 7.